The van der Waals surface area contributed by atoms with Gasteiger partial charge in [-0.3, -0.25) is 4.57 Å². The summed E-state index contributed by atoms with van der Waals surface area (Å²) >= 11 is 0. The zero-order chi connectivity index (χ0) is 13.6. The van der Waals surface area contributed by atoms with Gasteiger partial charge in [-0.1, -0.05) is 26.0 Å². The summed E-state index contributed by atoms with van der Waals surface area (Å²) in [6.07, 6.45) is 0.149. The van der Waals surface area contributed by atoms with Crippen molar-refractivity contribution >= 4 is 11.0 Å². The fourth-order valence-electron chi connectivity index (χ4n) is 2.95. The molecule has 20 heavy (non-hydrogen) atoms. The second kappa shape index (κ2) is 5.40. The van der Waals surface area contributed by atoms with Gasteiger partial charge < -0.3 is 20.9 Å². The molecule has 0 amide bonds. The van der Waals surface area contributed by atoms with Crippen molar-refractivity contribution in [2.24, 2.45) is 0 Å². The molecular formula is C14H21N3O3. The van der Waals surface area contributed by atoms with Gasteiger partial charge in [0, 0.05) is 24.2 Å². The van der Waals surface area contributed by atoms with Crippen LogP contribution in [0.1, 0.15) is 31.9 Å². The number of rotatable bonds is 2. The zero-order valence-electron chi connectivity index (χ0n) is 11.7. The molecule has 6 heteroatoms. The van der Waals surface area contributed by atoms with Gasteiger partial charge in [0.2, 0.25) is 0 Å². The summed E-state index contributed by atoms with van der Waals surface area (Å²) in [5, 5.41) is 14.0. The topological polar surface area (TPSA) is 102 Å². The first-order chi connectivity index (χ1) is 9.08. The van der Waals surface area contributed by atoms with E-state index >= 15 is 0 Å². The van der Waals surface area contributed by atoms with Gasteiger partial charge >= 0.3 is 5.69 Å². The van der Waals surface area contributed by atoms with E-state index < -0.39 is 6.10 Å². The molecule has 1 aromatic carbocycles. The number of aromatic nitrogens is 2. The Morgan fingerprint density at radius 2 is 2.20 bits per heavy atom. The van der Waals surface area contributed by atoms with E-state index in [9.17, 15) is 9.90 Å². The fraction of sp³-hybridized carbons (Fsp3) is 0.500. The summed E-state index contributed by atoms with van der Waals surface area (Å²) in [5.41, 5.74) is 2.37. The summed E-state index contributed by atoms with van der Waals surface area (Å²) in [6.45, 7) is 4.74. The molecular weight excluding hydrogens is 258 g/mol. The van der Waals surface area contributed by atoms with Crippen molar-refractivity contribution in [2.45, 2.75) is 45.0 Å². The van der Waals surface area contributed by atoms with Gasteiger partial charge in [0.15, 0.2) is 0 Å². The van der Waals surface area contributed by atoms with Crippen LogP contribution in [0, 0.1) is 0 Å². The molecule has 1 aromatic heterocycles. The summed E-state index contributed by atoms with van der Waals surface area (Å²) in [7, 11) is 0. The SMILES string of the molecule is CC(C)N[C@@H]1CCn2c(=O)[nH]c3cccc(c32)[C@H]1O.O. The number of nitrogens with one attached hydrogen (secondary N) is 2. The van der Waals surface area contributed by atoms with Crippen LogP contribution in [-0.2, 0) is 6.54 Å². The Balaban J connectivity index is 0.00000147. The Labute approximate surface area is 116 Å². The molecule has 5 N–H and O–H groups in total. The van der Waals surface area contributed by atoms with Crippen molar-refractivity contribution in [3.63, 3.8) is 0 Å². The van der Waals surface area contributed by atoms with Crippen LogP contribution in [0.2, 0.25) is 0 Å². The largest absolute Gasteiger partial charge is 0.412 e. The number of aryl methyl sites for hydroxylation is 1. The number of aliphatic hydroxyl groups is 1. The molecule has 2 aromatic rings. The summed E-state index contributed by atoms with van der Waals surface area (Å²) in [6, 6.07) is 5.93. The number of aliphatic hydroxyl groups excluding tert-OH is 1. The molecule has 0 radical (unpaired) electrons. The monoisotopic (exact) mass is 279 g/mol. The molecule has 6 nitrogen and oxygen atoms in total. The van der Waals surface area contributed by atoms with Gasteiger partial charge in [0.1, 0.15) is 0 Å². The lowest BCUT2D eigenvalue weighted by atomic mass is 9.99. The molecule has 0 bridgehead atoms. The van der Waals surface area contributed by atoms with Gasteiger partial charge in [0.25, 0.3) is 0 Å². The smallest absolute Gasteiger partial charge is 0.326 e. The Bertz CT molecular complexity index is 659. The third kappa shape index (κ3) is 2.26. The van der Waals surface area contributed by atoms with Gasteiger partial charge in [-0.05, 0) is 12.5 Å². The van der Waals surface area contributed by atoms with Gasteiger partial charge in [-0.2, -0.15) is 0 Å². The molecule has 0 unspecified atom stereocenters. The van der Waals surface area contributed by atoms with Crippen LogP contribution < -0.4 is 11.0 Å². The summed E-state index contributed by atoms with van der Waals surface area (Å²) in [4.78, 5) is 14.8. The quantitative estimate of drug-likeness (QED) is 0.737. The number of hydrogen-bond donors (Lipinski definition) is 3. The minimum Gasteiger partial charge on any atom is -0.412 e. The number of H-pyrrole nitrogens is 1. The highest BCUT2D eigenvalue weighted by Crippen LogP contribution is 2.29. The average molecular weight is 279 g/mol. The van der Waals surface area contributed by atoms with Gasteiger partial charge in [-0.15, -0.1) is 0 Å². The highest BCUT2D eigenvalue weighted by Gasteiger charge is 2.28. The van der Waals surface area contributed by atoms with Crippen molar-refractivity contribution in [2.75, 3.05) is 0 Å². The maximum atomic E-state index is 11.9. The lowest BCUT2D eigenvalue weighted by molar-refractivity contribution is 0.121. The molecule has 2 heterocycles. The van der Waals surface area contributed by atoms with Crippen LogP contribution in [0.15, 0.2) is 23.0 Å². The van der Waals surface area contributed by atoms with Crippen LogP contribution in [0.25, 0.3) is 11.0 Å². The molecule has 0 aliphatic carbocycles. The molecule has 1 aliphatic heterocycles. The summed E-state index contributed by atoms with van der Waals surface area (Å²) in [5.74, 6) is 0. The second-order valence-electron chi connectivity index (χ2n) is 5.49. The number of hydrogen-bond acceptors (Lipinski definition) is 3. The minimum atomic E-state index is -0.588. The number of imidazole rings is 1. The van der Waals surface area contributed by atoms with E-state index in [0.717, 1.165) is 23.0 Å². The lowest BCUT2D eigenvalue weighted by Gasteiger charge is -2.24. The van der Waals surface area contributed by atoms with E-state index in [1.807, 2.05) is 18.2 Å². The lowest BCUT2D eigenvalue weighted by Crippen LogP contribution is -2.39. The van der Waals surface area contributed by atoms with Crippen molar-refractivity contribution in [3.05, 3.63) is 34.2 Å². The van der Waals surface area contributed by atoms with Crippen LogP contribution >= 0.6 is 0 Å². The number of aromatic amines is 1. The maximum Gasteiger partial charge on any atom is 0.326 e. The highest BCUT2D eigenvalue weighted by atomic mass is 16.3. The molecule has 1 aliphatic rings. The van der Waals surface area contributed by atoms with Crippen molar-refractivity contribution < 1.29 is 10.6 Å². The fourth-order valence-corrected chi connectivity index (χ4v) is 2.95. The van der Waals surface area contributed by atoms with Crippen molar-refractivity contribution in [1.29, 1.82) is 0 Å². The predicted molar refractivity (Wildman–Crippen MR) is 77.8 cm³/mol. The van der Waals surface area contributed by atoms with Crippen molar-refractivity contribution in [3.8, 4) is 0 Å². The molecule has 0 fully saturated rings. The third-order valence-electron chi connectivity index (χ3n) is 3.73. The number of nitrogens with zero attached hydrogens (tertiary/aromatic N) is 1. The van der Waals surface area contributed by atoms with E-state index in [1.54, 1.807) is 4.57 Å². The molecule has 0 saturated carbocycles. The van der Waals surface area contributed by atoms with Crippen molar-refractivity contribution in [1.82, 2.24) is 14.9 Å². The second-order valence-corrected chi connectivity index (χ2v) is 5.49. The van der Waals surface area contributed by atoms with Crippen LogP contribution in [0.5, 0.6) is 0 Å². The van der Waals surface area contributed by atoms with E-state index in [0.29, 0.717) is 12.6 Å². The molecule has 2 atom stereocenters. The third-order valence-corrected chi connectivity index (χ3v) is 3.73. The minimum absolute atomic E-state index is 0. The number of para-hydroxylation sites is 1. The van der Waals surface area contributed by atoms with Crippen LogP contribution in [0.4, 0.5) is 0 Å². The predicted octanol–water partition coefficient (Wildman–Crippen LogP) is 0.309. The van der Waals surface area contributed by atoms with E-state index in [1.165, 1.54) is 0 Å². The zero-order valence-corrected chi connectivity index (χ0v) is 11.7. The van der Waals surface area contributed by atoms with Crippen LogP contribution in [0.3, 0.4) is 0 Å². The van der Waals surface area contributed by atoms with Crippen LogP contribution in [-0.4, -0.2) is 32.2 Å². The maximum absolute atomic E-state index is 11.9. The Hall–Kier alpha value is -1.63. The molecule has 0 saturated heterocycles. The molecule has 3 rings (SSSR count). The first-order valence-corrected chi connectivity index (χ1v) is 6.73. The normalized spacial score (nSPS) is 21.8. The number of benzene rings is 1. The molecule has 0 spiro atoms. The Morgan fingerprint density at radius 1 is 1.45 bits per heavy atom. The highest BCUT2D eigenvalue weighted by molar-refractivity contribution is 5.79. The average Bonchev–Trinajstić information content (AvgIpc) is 2.61. The first-order valence-electron chi connectivity index (χ1n) is 6.73. The Morgan fingerprint density at radius 3 is 2.90 bits per heavy atom. The Kier molecular flexibility index (Phi) is 3.99. The van der Waals surface area contributed by atoms with E-state index in [4.69, 9.17) is 0 Å². The van der Waals surface area contributed by atoms with E-state index in [2.05, 4.69) is 24.1 Å². The molecule has 110 valence electrons. The summed E-state index contributed by atoms with van der Waals surface area (Å²) < 4.78 is 1.73. The van der Waals surface area contributed by atoms with Gasteiger partial charge in [0.05, 0.1) is 17.1 Å². The first kappa shape index (κ1) is 14.8. The van der Waals surface area contributed by atoms with E-state index in [-0.39, 0.29) is 17.2 Å². The van der Waals surface area contributed by atoms with Gasteiger partial charge in [-0.25, -0.2) is 4.79 Å². The standard InChI is InChI=1S/C14H19N3O2.H2O/c1-8(2)15-11-6-7-17-12-9(13(11)18)4-3-5-10(12)16-14(17)19;/h3-5,8,11,13,15,18H,6-7H2,1-2H3,(H,16,19);1H2/t11-,13-;/m1./s1.